The molecule has 9 nitrogen and oxygen atoms in total. The third-order valence-electron chi connectivity index (χ3n) is 4.81. The zero-order valence-corrected chi connectivity index (χ0v) is 16.3. The molecule has 9 heteroatoms. The van der Waals surface area contributed by atoms with E-state index in [1.807, 2.05) is 20.8 Å². The van der Waals surface area contributed by atoms with Gasteiger partial charge in [-0.15, -0.1) is 0 Å². The van der Waals surface area contributed by atoms with Crippen molar-refractivity contribution in [3.05, 3.63) is 0 Å². The molecule has 3 heterocycles. The Balaban J connectivity index is 1.82. The summed E-state index contributed by atoms with van der Waals surface area (Å²) in [7, 11) is 0. The van der Waals surface area contributed by atoms with Crippen LogP contribution >= 0.6 is 0 Å². The van der Waals surface area contributed by atoms with Gasteiger partial charge in [-0.2, -0.15) is 5.06 Å². The first-order chi connectivity index (χ1) is 12.6. The lowest BCUT2D eigenvalue weighted by Crippen LogP contribution is -2.57. The number of hydroxylamine groups is 2. The Bertz CT molecular complexity index is 615. The van der Waals surface area contributed by atoms with E-state index in [9.17, 15) is 14.4 Å². The number of rotatable bonds is 4. The highest BCUT2D eigenvalue weighted by Crippen LogP contribution is 2.43. The Hall–Kier alpha value is -1.71. The smallest absolute Gasteiger partial charge is 0.314 e. The zero-order valence-electron chi connectivity index (χ0n) is 16.3. The van der Waals surface area contributed by atoms with Gasteiger partial charge in [0.1, 0.15) is 18.6 Å². The summed E-state index contributed by atoms with van der Waals surface area (Å²) in [6.45, 7) is 8.81. The molecule has 3 aliphatic rings. The molecule has 3 rings (SSSR count). The minimum atomic E-state index is -0.909. The molecule has 0 spiro atoms. The van der Waals surface area contributed by atoms with Crippen molar-refractivity contribution in [2.75, 3.05) is 13.2 Å². The molecule has 0 N–H and O–H groups in total. The number of esters is 3. The lowest BCUT2D eigenvalue weighted by molar-refractivity contribution is -0.228. The van der Waals surface area contributed by atoms with Crippen molar-refractivity contribution in [3.8, 4) is 0 Å². The van der Waals surface area contributed by atoms with E-state index in [2.05, 4.69) is 0 Å². The van der Waals surface area contributed by atoms with Gasteiger partial charge in [-0.25, -0.2) is 0 Å². The van der Waals surface area contributed by atoms with Crippen LogP contribution in [0, 0.1) is 5.92 Å². The molecule has 0 aromatic carbocycles. The number of cyclic esters (lactones) is 1. The second-order valence-corrected chi connectivity index (χ2v) is 8.14. The first-order valence-corrected chi connectivity index (χ1v) is 9.19. The Kier molecular flexibility index (Phi) is 5.47. The number of hydrogen-bond donors (Lipinski definition) is 0. The standard InChI is InChI=1S/C18H27NO8/c1-9(20)23-8-12-15(24-10(2)21)16-13(17(22)25-12)14-11(26-18(3,4)5)6-7-19(14)27-16/h11-16H,6-8H2,1-5H3/t11-,12+,13+,14+,15-,16-/m0/s1. The summed E-state index contributed by atoms with van der Waals surface area (Å²) in [6.07, 6.45) is -1.94. The molecular formula is C18H27NO8. The number of fused-ring (bicyclic) bond motifs is 3. The predicted molar refractivity (Wildman–Crippen MR) is 90.2 cm³/mol. The second-order valence-electron chi connectivity index (χ2n) is 8.14. The molecule has 0 aliphatic carbocycles. The molecule has 0 amide bonds. The van der Waals surface area contributed by atoms with E-state index in [-0.39, 0.29) is 24.4 Å². The van der Waals surface area contributed by atoms with Gasteiger partial charge in [0.2, 0.25) is 0 Å². The molecule has 0 aromatic heterocycles. The van der Waals surface area contributed by atoms with E-state index in [4.69, 9.17) is 23.8 Å². The number of nitrogens with zero attached hydrogens (tertiary/aromatic N) is 1. The molecule has 0 aromatic rings. The molecule has 0 radical (unpaired) electrons. The summed E-state index contributed by atoms with van der Waals surface area (Å²) in [5.41, 5.74) is -0.371. The molecule has 6 atom stereocenters. The van der Waals surface area contributed by atoms with Crippen molar-refractivity contribution in [2.24, 2.45) is 5.92 Å². The van der Waals surface area contributed by atoms with Crippen LogP contribution in [0.25, 0.3) is 0 Å². The van der Waals surface area contributed by atoms with Gasteiger partial charge in [-0.05, 0) is 27.2 Å². The van der Waals surface area contributed by atoms with Crippen molar-refractivity contribution in [3.63, 3.8) is 0 Å². The molecule has 0 bridgehead atoms. The minimum absolute atomic E-state index is 0.196. The molecule has 3 fully saturated rings. The van der Waals surface area contributed by atoms with Gasteiger partial charge in [0.25, 0.3) is 0 Å². The second kappa shape index (κ2) is 7.37. The number of hydrogen-bond acceptors (Lipinski definition) is 9. The first kappa shape index (κ1) is 20.0. The monoisotopic (exact) mass is 385 g/mol. The molecule has 0 saturated carbocycles. The molecule has 3 aliphatic heterocycles. The minimum Gasteiger partial charge on any atom is -0.462 e. The van der Waals surface area contributed by atoms with Crippen LogP contribution in [-0.4, -0.2) is 72.2 Å². The summed E-state index contributed by atoms with van der Waals surface area (Å²) in [5, 5.41) is 1.73. The van der Waals surface area contributed by atoms with Crippen LogP contribution in [0.5, 0.6) is 0 Å². The predicted octanol–water partition coefficient (Wildman–Crippen LogP) is 0.595. The fourth-order valence-corrected chi connectivity index (χ4v) is 4.00. The van der Waals surface area contributed by atoms with Gasteiger partial charge in [-0.3, -0.25) is 19.2 Å². The zero-order chi connectivity index (χ0) is 19.9. The maximum absolute atomic E-state index is 12.8. The summed E-state index contributed by atoms with van der Waals surface area (Å²) in [4.78, 5) is 41.5. The van der Waals surface area contributed by atoms with Crippen molar-refractivity contribution in [2.45, 2.75) is 77.1 Å². The van der Waals surface area contributed by atoms with E-state index in [0.717, 1.165) is 6.42 Å². The highest BCUT2D eigenvalue weighted by atomic mass is 16.7. The third kappa shape index (κ3) is 4.25. The largest absolute Gasteiger partial charge is 0.462 e. The molecule has 152 valence electrons. The average Bonchev–Trinajstić information content (AvgIpc) is 3.07. The van der Waals surface area contributed by atoms with Crippen molar-refractivity contribution in [1.29, 1.82) is 0 Å². The summed E-state index contributed by atoms with van der Waals surface area (Å²) in [5.74, 6) is -2.14. The third-order valence-corrected chi connectivity index (χ3v) is 4.81. The molecule has 0 unspecified atom stereocenters. The lowest BCUT2D eigenvalue weighted by Gasteiger charge is -2.38. The Morgan fingerprint density at radius 3 is 2.52 bits per heavy atom. The van der Waals surface area contributed by atoms with E-state index < -0.39 is 42.1 Å². The van der Waals surface area contributed by atoms with Gasteiger partial charge in [0.05, 0.1) is 17.7 Å². The van der Waals surface area contributed by atoms with Crippen LogP contribution in [0.3, 0.4) is 0 Å². The SMILES string of the molecule is CC(=O)OC[C@H]1OC(=O)[C@H]2[C@H](ON3CC[C@H](OC(C)(C)C)[C@H]23)[C@H]1OC(C)=O. The molecular weight excluding hydrogens is 358 g/mol. The quantitative estimate of drug-likeness (QED) is 0.508. The summed E-state index contributed by atoms with van der Waals surface area (Å²) in [6, 6.07) is -0.311. The molecule has 3 saturated heterocycles. The van der Waals surface area contributed by atoms with Crippen LogP contribution in [0.1, 0.15) is 41.0 Å². The Morgan fingerprint density at radius 2 is 1.93 bits per heavy atom. The Labute approximate surface area is 158 Å². The van der Waals surface area contributed by atoms with Crippen molar-refractivity contribution < 1.29 is 38.2 Å². The van der Waals surface area contributed by atoms with Crippen LogP contribution in [-0.2, 0) is 38.2 Å². The van der Waals surface area contributed by atoms with Gasteiger partial charge < -0.3 is 18.9 Å². The topological polar surface area (TPSA) is 101 Å². The van der Waals surface area contributed by atoms with Crippen LogP contribution in [0.15, 0.2) is 0 Å². The van der Waals surface area contributed by atoms with Crippen molar-refractivity contribution in [1.82, 2.24) is 5.06 Å². The van der Waals surface area contributed by atoms with Crippen LogP contribution in [0.4, 0.5) is 0 Å². The van der Waals surface area contributed by atoms with Crippen molar-refractivity contribution >= 4 is 17.9 Å². The van der Waals surface area contributed by atoms with Gasteiger partial charge >= 0.3 is 17.9 Å². The van der Waals surface area contributed by atoms with Gasteiger partial charge in [0.15, 0.2) is 12.2 Å². The number of carbonyl (C=O) groups is 3. The fraction of sp³-hybridized carbons (Fsp3) is 0.833. The maximum atomic E-state index is 12.8. The van der Waals surface area contributed by atoms with Crippen LogP contribution < -0.4 is 0 Å². The number of carbonyl (C=O) groups excluding carboxylic acids is 3. The van der Waals surface area contributed by atoms with E-state index in [0.29, 0.717) is 6.54 Å². The van der Waals surface area contributed by atoms with Gasteiger partial charge in [0, 0.05) is 20.4 Å². The molecule has 27 heavy (non-hydrogen) atoms. The number of ether oxygens (including phenoxy) is 4. The fourth-order valence-electron chi connectivity index (χ4n) is 4.00. The normalized spacial score (nSPS) is 36.0. The highest BCUT2D eigenvalue weighted by Gasteiger charge is 2.62. The first-order valence-electron chi connectivity index (χ1n) is 9.19. The summed E-state index contributed by atoms with van der Waals surface area (Å²) >= 11 is 0. The summed E-state index contributed by atoms with van der Waals surface area (Å²) < 4.78 is 22.0. The lowest BCUT2D eigenvalue weighted by atomic mass is 9.85. The van der Waals surface area contributed by atoms with Gasteiger partial charge in [-0.1, -0.05) is 0 Å². The van der Waals surface area contributed by atoms with E-state index >= 15 is 0 Å². The van der Waals surface area contributed by atoms with E-state index in [1.165, 1.54) is 13.8 Å². The average molecular weight is 385 g/mol. The Morgan fingerprint density at radius 1 is 1.22 bits per heavy atom. The van der Waals surface area contributed by atoms with E-state index in [1.54, 1.807) is 5.06 Å². The van der Waals surface area contributed by atoms with Crippen LogP contribution in [0.2, 0.25) is 0 Å². The highest BCUT2D eigenvalue weighted by molar-refractivity contribution is 5.76. The maximum Gasteiger partial charge on any atom is 0.314 e.